The Kier molecular flexibility index (Phi) is 7.74. The molecule has 1 aliphatic rings. The third-order valence-corrected chi connectivity index (χ3v) is 4.76. The van der Waals surface area contributed by atoms with E-state index >= 15 is 0 Å². The highest BCUT2D eigenvalue weighted by molar-refractivity contribution is 5.85. The maximum atomic E-state index is 12.1. The van der Waals surface area contributed by atoms with E-state index in [1.807, 2.05) is 24.3 Å². The molecule has 1 saturated carbocycles. The number of rotatable bonds is 5. The molecule has 0 unspecified atom stereocenters. The molecule has 1 amide bonds. The summed E-state index contributed by atoms with van der Waals surface area (Å²) < 4.78 is 0. The van der Waals surface area contributed by atoms with E-state index in [1.165, 1.54) is 12.8 Å². The monoisotopic (exact) mass is 324 g/mol. The number of aryl methyl sites for hydroxylation is 1. The van der Waals surface area contributed by atoms with Gasteiger partial charge in [0, 0.05) is 18.2 Å². The number of carbonyl (C=O) groups is 1. The van der Waals surface area contributed by atoms with Gasteiger partial charge in [-0.25, -0.2) is 0 Å². The van der Waals surface area contributed by atoms with Crippen LogP contribution < -0.4 is 11.1 Å². The van der Waals surface area contributed by atoms with Crippen molar-refractivity contribution in [2.24, 2.45) is 11.8 Å². The van der Waals surface area contributed by atoms with Crippen LogP contribution in [0.15, 0.2) is 24.3 Å². The number of anilines is 1. The molecule has 0 spiro atoms. The van der Waals surface area contributed by atoms with Crippen molar-refractivity contribution in [3.8, 4) is 0 Å². The van der Waals surface area contributed by atoms with E-state index in [4.69, 9.17) is 5.73 Å². The fourth-order valence-corrected chi connectivity index (χ4v) is 3.24. The van der Waals surface area contributed by atoms with Gasteiger partial charge in [-0.05, 0) is 55.6 Å². The van der Waals surface area contributed by atoms with Gasteiger partial charge in [0.2, 0.25) is 5.91 Å². The fraction of sp³-hybridized carbons (Fsp3) is 0.611. The molecule has 0 radical (unpaired) electrons. The predicted octanol–water partition coefficient (Wildman–Crippen LogP) is 3.95. The molecule has 22 heavy (non-hydrogen) atoms. The van der Waals surface area contributed by atoms with Crippen LogP contribution in [-0.4, -0.2) is 11.9 Å². The van der Waals surface area contributed by atoms with E-state index in [0.29, 0.717) is 12.5 Å². The number of nitrogen functional groups attached to an aromatic ring is 1. The number of amides is 1. The molecule has 0 bridgehead atoms. The Balaban J connectivity index is 0.00000242. The van der Waals surface area contributed by atoms with Crippen LogP contribution in [0.1, 0.15) is 51.5 Å². The molecular formula is C18H29ClN2O. The molecule has 124 valence electrons. The van der Waals surface area contributed by atoms with Crippen molar-refractivity contribution >= 4 is 24.0 Å². The Morgan fingerprint density at radius 1 is 1.23 bits per heavy atom. The molecule has 0 heterocycles. The summed E-state index contributed by atoms with van der Waals surface area (Å²) >= 11 is 0. The number of nitrogens with two attached hydrogens (primary N) is 1. The molecular weight excluding hydrogens is 296 g/mol. The first kappa shape index (κ1) is 18.8. The number of hydrogen-bond donors (Lipinski definition) is 2. The highest BCUT2D eigenvalue weighted by Gasteiger charge is 2.24. The fourth-order valence-electron chi connectivity index (χ4n) is 3.24. The molecule has 0 atom stereocenters. The van der Waals surface area contributed by atoms with Crippen LogP contribution in [0.3, 0.4) is 0 Å². The summed E-state index contributed by atoms with van der Waals surface area (Å²) in [5.41, 5.74) is 7.75. The van der Waals surface area contributed by atoms with Crippen molar-refractivity contribution in [1.29, 1.82) is 0 Å². The van der Waals surface area contributed by atoms with Crippen LogP contribution in [0.4, 0.5) is 5.69 Å². The van der Waals surface area contributed by atoms with E-state index in [0.717, 1.165) is 42.3 Å². The van der Waals surface area contributed by atoms with Gasteiger partial charge < -0.3 is 11.1 Å². The van der Waals surface area contributed by atoms with Crippen molar-refractivity contribution < 1.29 is 4.79 Å². The van der Waals surface area contributed by atoms with Gasteiger partial charge in [-0.1, -0.05) is 32.0 Å². The zero-order valence-corrected chi connectivity index (χ0v) is 14.5. The summed E-state index contributed by atoms with van der Waals surface area (Å²) in [5, 5.41) is 3.19. The Morgan fingerprint density at radius 2 is 1.86 bits per heavy atom. The molecule has 1 aromatic carbocycles. The second-order valence-electron chi connectivity index (χ2n) is 6.62. The average molecular weight is 325 g/mol. The lowest BCUT2D eigenvalue weighted by atomic mass is 9.79. The van der Waals surface area contributed by atoms with Crippen molar-refractivity contribution in [2.75, 3.05) is 5.73 Å². The van der Waals surface area contributed by atoms with Gasteiger partial charge >= 0.3 is 0 Å². The van der Waals surface area contributed by atoms with Gasteiger partial charge in [-0.15, -0.1) is 12.4 Å². The zero-order chi connectivity index (χ0) is 15.2. The number of halogens is 1. The van der Waals surface area contributed by atoms with Crippen molar-refractivity contribution in [3.63, 3.8) is 0 Å². The van der Waals surface area contributed by atoms with Gasteiger partial charge in [0.05, 0.1) is 0 Å². The first-order valence-electron chi connectivity index (χ1n) is 8.19. The van der Waals surface area contributed by atoms with Gasteiger partial charge in [-0.2, -0.15) is 0 Å². The largest absolute Gasteiger partial charge is 0.399 e. The number of carbonyl (C=O) groups excluding carboxylic acids is 1. The first-order chi connectivity index (χ1) is 10.1. The Hall–Kier alpha value is -1.22. The minimum absolute atomic E-state index is 0. The molecule has 0 saturated heterocycles. The third-order valence-electron chi connectivity index (χ3n) is 4.76. The van der Waals surface area contributed by atoms with Crippen molar-refractivity contribution in [3.05, 3.63) is 29.8 Å². The minimum Gasteiger partial charge on any atom is -0.399 e. The van der Waals surface area contributed by atoms with E-state index in [1.54, 1.807) is 0 Å². The highest BCUT2D eigenvalue weighted by Crippen LogP contribution is 2.29. The van der Waals surface area contributed by atoms with Crippen LogP contribution in [0.5, 0.6) is 0 Å². The summed E-state index contributed by atoms with van der Waals surface area (Å²) in [4.78, 5) is 12.1. The number of hydrogen-bond acceptors (Lipinski definition) is 2. The topological polar surface area (TPSA) is 55.1 Å². The molecule has 2 rings (SSSR count). The van der Waals surface area contributed by atoms with Crippen LogP contribution in [-0.2, 0) is 11.2 Å². The number of para-hydroxylation sites is 1. The summed E-state index contributed by atoms with van der Waals surface area (Å²) in [6.07, 6.45) is 5.99. The Bertz CT molecular complexity index is 468. The van der Waals surface area contributed by atoms with Gasteiger partial charge in [-0.3, -0.25) is 4.79 Å². The highest BCUT2D eigenvalue weighted by atomic mass is 35.5. The van der Waals surface area contributed by atoms with Crippen molar-refractivity contribution in [1.82, 2.24) is 5.32 Å². The molecule has 1 aliphatic carbocycles. The molecule has 3 nitrogen and oxygen atoms in total. The first-order valence-corrected chi connectivity index (χ1v) is 8.19. The molecule has 4 heteroatoms. The Morgan fingerprint density at radius 3 is 2.45 bits per heavy atom. The lowest BCUT2D eigenvalue weighted by Crippen LogP contribution is -2.38. The standard InChI is InChI=1S/C18H28N2O.ClH/c1-13(2)14-7-10-16(11-8-14)20-18(21)12-9-15-5-3-4-6-17(15)19;/h3-6,13-14,16H,7-12,19H2,1-2H3,(H,20,21);1H. The minimum atomic E-state index is 0. The van der Waals surface area contributed by atoms with Crippen LogP contribution in [0, 0.1) is 11.8 Å². The van der Waals surface area contributed by atoms with E-state index in [9.17, 15) is 4.79 Å². The quantitative estimate of drug-likeness (QED) is 0.806. The van der Waals surface area contributed by atoms with Gasteiger partial charge in [0.15, 0.2) is 0 Å². The predicted molar refractivity (Wildman–Crippen MR) is 95.2 cm³/mol. The molecule has 0 aliphatic heterocycles. The lowest BCUT2D eigenvalue weighted by molar-refractivity contribution is -0.122. The third kappa shape index (κ3) is 5.53. The molecule has 1 fully saturated rings. The summed E-state index contributed by atoms with van der Waals surface area (Å²) in [5.74, 6) is 1.76. The van der Waals surface area contributed by atoms with Gasteiger partial charge in [0.25, 0.3) is 0 Å². The average Bonchev–Trinajstić information content (AvgIpc) is 2.47. The lowest BCUT2D eigenvalue weighted by Gasteiger charge is -2.31. The summed E-state index contributed by atoms with van der Waals surface area (Å²) in [7, 11) is 0. The van der Waals surface area contributed by atoms with E-state index in [-0.39, 0.29) is 18.3 Å². The Labute approximate surface area is 140 Å². The summed E-state index contributed by atoms with van der Waals surface area (Å²) in [6.45, 7) is 4.60. The molecule has 3 N–H and O–H groups in total. The molecule has 0 aromatic heterocycles. The number of nitrogens with one attached hydrogen (secondary N) is 1. The SMILES string of the molecule is CC(C)C1CCC(NC(=O)CCc2ccccc2N)CC1.Cl. The van der Waals surface area contributed by atoms with Gasteiger partial charge in [0.1, 0.15) is 0 Å². The number of benzene rings is 1. The molecule has 1 aromatic rings. The summed E-state index contributed by atoms with van der Waals surface area (Å²) in [6, 6.07) is 8.15. The van der Waals surface area contributed by atoms with E-state index in [2.05, 4.69) is 19.2 Å². The maximum absolute atomic E-state index is 12.1. The van der Waals surface area contributed by atoms with Crippen LogP contribution in [0.2, 0.25) is 0 Å². The van der Waals surface area contributed by atoms with Crippen LogP contribution in [0.25, 0.3) is 0 Å². The second-order valence-corrected chi connectivity index (χ2v) is 6.62. The van der Waals surface area contributed by atoms with E-state index < -0.39 is 0 Å². The normalized spacial score (nSPS) is 21.2. The van der Waals surface area contributed by atoms with Crippen LogP contribution >= 0.6 is 12.4 Å². The zero-order valence-electron chi connectivity index (χ0n) is 13.7. The second kappa shape index (κ2) is 9.04. The smallest absolute Gasteiger partial charge is 0.220 e. The van der Waals surface area contributed by atoms with Crippen molar-refractivity contribution in [2.45, 2.75) is 58.4 Å². The maximum Gasteiger partial charge on any atom is 0.220 e.